The van der Waals surface area contributed by atoms with E-state index in [0.717, 1.165) is 12.1 Å². The van der Waals surface area contributed by atoms with Gasteiger partial charge in [0, 0.05) is 18.2 Å². The maximum absolute atomic E-state index is 13.7. The van der Waals surface area contributed by atoms with Crippen LogP contribution in [0.2, 0.25) is 0 Å². The quantitative estimate of drug-likeness (QED) is 0.815. The summed E-state index contributed by atoms with van der Waals surface area (Å²) in [6.07, 6.45) is 1.28. The molecule has 0 fully saturated rings. The molecule has 22 heavy (non-hydrogen) atoms. The van der Waals surface area contributed by atoms with Crippen LogP contribution in [-0.4, -0.2) is 32.5 Å². The van der Waals surface area contributed by atoms with Crippen LogP contribution in [0.3, 0.4) is 0 Å². The maximum Gasteiger partial charge on any atom is 0.264 e. The van der Waals surface area contributed by atoms with Gasteiger partial charge >= 0.3 is 0 Å². The first-order valence-corrected chi connectivity index (χ1v) is 8.10. The second-order valence-corrected chi connectivity index (χ2v) is 6.07. The van der Waals surface area contributed by atoms with Gasteiger partial charge in [-0.1, -0.05) is 0 Å². The molecule has 1 N–H and O–H groups in total. The number of nitrogens with one attached hydrogen (secondary N) is 1. The number of carbonyl (C=O) groups is 1. The van der Waals surface area contributed by atoms with Crippen LogP contribution in [0, 0.1) is 5.82 Å². The minimum atomic E-state index is -4.10. The van der Waals surface area contributed by atoms with E-state index < -0.39 is 21.7 Å². The number of hydrogen-bond donors (Lipinski definition) is 1. The topological polar surface area (TPSA) is 85.4 Å². The molecule has 8 heteroatoms. The largest absolute Gasteiger partial charge is 0.381 e. The molecule has 0 unspecified atom stereocenters. The van der Waals surface area contributed by atoms with Gasteiger partial charge in [-0.15, -0.1) is 0 Å². The highest BCUT2D eigenvalue weighted by atomic mass is 32.2. The Hall–Kier alpha value is -2.06. The number of hydrogen-bond acceptors (Lipinski definition) is 5. The standard InChI is InChI=1S/C14H15FN2O4S/c1-2-21-9-7-13(18)17-22(19,20)12-6-5-11(15)14-10(12)4-3-8-16-14/h3-6,8H,2,7,9H2,1H3,(H,17,18). The van der Waals surface area contributed by atoms with Gasteiger partial charge < -0.3 is 4.74 Å². The second kappa shape index (κ2) is 6.80. The summed E-state index contributed by atoms with van der Waals surface area (Å²) in [5.41, 5.74) is -0.0628. The molecule has 1 aromatic carbocycles. The number of amides is 1. The number of nitrogens with zero attached hydrogens (tertiary/aromatic N) is 1. The fraction of sp³-hybridized carbons (Fsp3) is 0.286. The van der Waals surface area contributed by atoms with E-state index in [4.69, 9.17) is 4.74 Å². The molecule has 2 aromatic rings. The molecule has 0 aliphatic rings. The molecule has 118 valence electrons. The van der Waals surface area contributed by atoms with E-state index in [9.17, 15) is 17.6 Å². The summed E-state index contributed by atoms with van der Waals surface area (Å²) in [6, 6.07) is 5.05. The van der Waals surface area contributed by atoms with Crippen molar-refractivity contribution >= 4 is 26.8 Å². The Morgan fingerprint density at radius 3 is 2.86 bits per heavy atom. The van der Waals surface area contributed by atoms with Crippen LogP contribution in [-0.2, 0) is 19.6 Å². The van der Waals surface area contributed by atoms with Crippen LogP contribution in [0.4, 0.5) is 4.39 Å². The highest BCUT2D eigenvalue weighted by Gasteiger charge is 2.21. The van der Waals surface area contributed by atoms with Crippen molar-refractivity contribution in [2.24, 2.45) is 0 Å². The molecule has 0 radical (unpaired) electrons. The van der Waals surface area contributed by atoms with Crippen LogP contribution in [0.1, 0.15) is 13.3 Å². The highest BCUT2D eigenvalue weighted by Crippen LogP contribution is 2.23. The Kier molecular flexibility index (Phi) is 5.04. The Bertz CT molecular complexity index is 793. The number of aromatic nitrogens is 1. The number of fused-ring (bicyclic) bond motifs is 1. The Balaban J connectivity index is 2.30. The van der Waals surface area contributed by atoms with Gasteiger partial charge in [-0.05, 0) is 31.2 Å². The zero-order valence-corrected chi connectivity index (χ0v) is 12.7. The third kappa shape index (κ3) is 3.58. The number of ether oxygens (including phenoxy) is 1. The van der Waals surface area contributed by atoms with Crippen LogP contribution in [0.25, 0.3) is 10.9 Å². The molecule has 0 spiro atoms. The van der Waals surface area contributed by atoms with Crippen molar-refractivity contribution in [1.82, 2.24) is 9.71 Å². The maximum atomic E-state index is 13.7. The number of pyridine rings is 1. The van der Waals surface area contributed by atoms with E-state index in [0.29, 0.717) is 6.61 Å². The minimum absolute atomic E-state index is 0.0628. The number of rotatable bonds is 6. The van der Waals surface area contributed by atoms with E-state index in [1.54, 1.807) is 6.92 Å². The Labute approximate surface area is 127 Å². The van der Waals surface area contributed by atoms with Crippen LogP contribution in [0.15, 0.2) is 35.4 Å². The summed E-state index contributed by atoms with van der Waals surface area (Å²) in [4.78, 5) is 15.3. The van der Waals surface area contributed by atoms with E-state index >= 15 is 0 Å². The summed E-state index contributed by atoms with van der Waals surface area (Å²) in [5.74, 6) is -1.31. The highest BCUT2D eigenvalue weighted by molar-refractivity contribution is 7.90. The average Bonchev–Trinajstić information content (AvgIpc) is 2.47. The van der Waals surface area contributed by atoms with Gasteiger partial charge in [-0.2, -0.15) is 0 Å². The fourth-order valence-electron chi connectivity index (χ4n) is 1.91. The lowest BCUT2D eigenvalue weighted by Gasteiger charge is -2.09. The summed E-state index contributed by atoms with van der Waals surface area (Å²) in [6.45, 7) is 2.34. The molecule has 0 bridgehead atoms. The number of benzene rings is 1. The molecule has 0 aliphatic heterocycles. The lowest BCUT2D eigenvalue weighted by Crippen LogP contribution is -2.31. The molecule has 6 nitrogen and oxygen atoms in total. The van der Waals surface area contributed by atoms with Gasteiger partial charge in [0.15, 0.2) is 0 Å². The molecule has 1 amide bonds. The summed E-state index contributed by atoms with van der Waals surface area (Å²) in [5, 5.41) is 0.118. The third-order valence-electron chi connectivity index (χ3n) is 2.90. The number of sulfonamides is 1. The Morgan fingerprint density at radius 2 is 2.14 bits per heavy atom. The molecule has 0 atom stereocenters. The fourth-order valence-corrected chi connectivity index (χ4v) is 3.12. The molecular weight excluding hydrogens is 311 g/mol. The van der Waals surface area contributed by atoms with E-state index in [2.05, 4.69) is 4.98 Å². The predicted octanol–water partition coefficient (Wildman–Crippen LogP) is 1.61. The van der Waals surface area contributed by atoms with Crippen LogP contribution >= 0.6 is 0 Å². The minimum Gasteiger partial charge on any atom is -0.381 e. The first-order valence-electron chi connectivity index (χ1n) is 6.62. The number of halogens is 1. The summed E-state index contributed by atoms with van der Waals surface area (Å²) in [7, 11) is -4.10. The predicted molar refractivity (Wildman–Crippen MR) is 78.1 cm³/mol. The zero-order chi connectivity index (χ0) is 16.2. The van der Waals surface area contributed by atoms with Crippen LogP contribution in [0.5, 0.6) is 0 Å². The number of carbonyl (C=O) groups excluding carboxylic acids is 1. The van der Waals surface area contributed by atoms with Gasteiger partial charge in [0.1, 0.15) is 11.3 Å². The SMILES string of the molecule is CCOCCC(=O)NS(=O)(=O)c1ccc(F)c2ncccc12. The lowest BCUT2D eigenvalue weighted by molar-refractivity contribution is -0.120. The molecular formula is C14H15FN2O4S. The lowest BCUT2D eigenvalue weighted by atomic mass is 10.2. The van der Waals surface area contributed by atoms with Gasteiger partial charge in [-0.3, -0.25) is 9.78 Å². The second-order valence-electron chi connectivity index (χ2n) is 4.42. The first-order chi connectivity index (χ1) is 10.5. The average molecular weight is 326 g/mol. The molecule has 0 saturated heterocycles. The molecule has 1 heterocycles. The van der Waals surface area contributed by atoms with Gasteiger partial charge in [0.05, 0.1) is 17.9 Å². The van der Waals surface area contributed by atoms with Crippen molar-refractivity contribution in [3.63, 3.8) is 0 Å². The van der Waals surface area contributed by atoms with Gasteiger partial charge in [0.25, 0.3) is 10.0 Å². The molecule has 1 aromatic heterocycles. The molecule has 0 aliphatic carbocycles. The van der Waals surface area contributed by atoms with Crippen LogP contribution < -0.4 is 4.72 Å². The van der Waals surface area contributed by atoms with Gasteiger partial charge in [-0.25, -0.2) is 17.5 Å². The first kappa shape index (κ1) is 16.3. The summed E-state index contributed by atoms with van der Waals surface area (Å²) >= 11 is 0. The Morgan fingerprint density at radius 1 is 1.36 bits per heavy atom. The van der Waals surface area contributed by atoms with Crippen molar-refractivity contribution in [1.29, 1.82) is 0 Å². The smallest absolute Gasteiger partial charge is 0.264 e. The van der Waals surface area contributed by atoms with E-state index in [-0.39, 0.29) is 28.8 Å². The normalized spacial score (nSPS) is 11.5. The monoisotopic (exact) mass is 326 g/mol. The van der Waals surface area contributed by atoms with Crippen molar-refractivity contribution in [3.05, 3.63) is 36.3 Å². The van der Waals surface area contributed by atoms with E-state index in [1.165, 1.54) is 18.3 Å². The van der Waals surface area contributed by atoms with Gasteiger partial charge in [0.2, 0.25) is 5.91 Å². The van der Waals surface area contributed by atoms with Crippen molar-refractivity contribution in [3.8, 4) is 0 Å². The van der Waals surface area contributed by atoms with Crippen molar-refractivity contribution in [2.75, 3.05) is 13.2 Å². The summed E-state index contributed by atoms with van der Waals surface area (Å²) < 4.78 is 45.2. The zero-order valence-electron chi connectivity index (χ0n) is 11.9. The molecule has 0 saturated carbocycles. The van der Waals surface area contributed by atoms with E-state index in [1.807, 2.05) is 4.72 Å². The van der Waals surface area contributed by atoms with Crippen molar-refractivity contribution < 1.29 is 22.3 Å². The molecule has 2 rings (SSSR count). The van der Waals surface area contributed by atoms with Crippen molar-refractivity contribution in [2.45, 2.75) is 18.2 Å². The third-order valence-corrected chi connectivity index (χ3v) is 4.33.